The summed E-state index contributed by atoms with van der Waals surface area (Å²) in [4.78, 5) is 27.4. The summed E-state index contributed by atoms with van der Waals surface area (Å²) >= 11 is 0. The Morgan fingerprint density at radius 1 is 0.946 bits per heavy atom. The first-order valence-electron chi connectivity index (χ1n) is 12.3. The van der Waals surface area contributed by atoms with Gasteiger partial charge in [0, 0.05) is 61.7 Å². The van der Waals surface area contributed by atoms with Gasteiger partial charge in [-0.05, 0) is 56.2 Å². The molecule has 0 aliphatic heterocycles. The Bertz CT molecular complexity index is 1470. The SMILES string of the molecule is CC(C)n1cnc2c(NCc3ccc(-c4cccnc4)nc3)nc(-c3ccnc(NCCCO)c3)nc21. The van der Waals surface area contributed by atoms with Crippen LogP contribution in [0.1, 0.15) is 31.9 Å². The molecular formula is C27H29N9O. The Morgan fingerprint density at radius 2 is 1.86 bits per heavy atom. The van der Waals surface area contributed by atoms with Crippen LogP contribution in [0.5, 0.6) is 0 Å². The lowest BCUT2D eigenvalue weighted by Gasteiger charge is -2.12. The molecule has 0 fully saturated rings. The molecule has 0 atom stereocenters. The molecule has 0 amide bonds. The molecule has 0 radical (unpaired) electrons. The second kappa shape index (κ2) is 11.1. The van der Waals surface area contributed by atoms with Crippen molar-refractivity contribution in [1.29, 1.82) is 0 Å². The van der Waals surface area contributed by atoms with Gasteiger partial charge in [0.25, 0.3) is 0 Å². The summed E-state index contributed by atoms with van der Waals surface area (Å²) in [7, 11) is 0. The Morgan fingerprint density at radius 3 is 2.62 bits per heavy atom. The largest absolute Gasteiger partial charge is 0.396 e. The lowest BCUT2D eigenvalue weighted by atomic mass is 10.1. The summed E-state index contributed by atoms with van der Waals surface area (Å²) in [6, 6.07) is 11.9. The number of anilines is 2. The first-order chi connectivity index (χ1) is 18.1. The number of aromatic nitrogens is 7. The number of rotatable bonds is 10. The van der Waals surface area contributed by atoms with Gasteiger partial charge >= 0.3 is 0 Å². The van der Waals surface area contributed by atoms with E-state index in [9.17, 15) is 0 Å². The van der Waals surface area contributed by atoms with Crippen LogP contribution in [0.2, 0.25) is 0 Å². The number of nitrogens with one attached hydrogen (secondary N) is 2. The van der Waals surface area contributed by atoms with Crippen molar-refractivity contribution >= 4 is 22.8 Å². The van der Waals surface area contributed by atoms with Gasteiger partial charge in [0.1, 0.15) is 11.3 Å². The van der Waals surface area contributed by atoms with Crippen LogP contribution < -0.4 is 10.6 Å². The topological polar surface area (TPSA) is 127 Å². The number of hydrogen-bond acceptors (Lipinski definition) is 9. The average Bonchev–Trinajstić information content (AvgIpc) is 3.38. The van der Waals surface area contributed by atoms with Crippen LogP contribution in [0.4, 0.5) is 11.6 Å². The van der Waals surface area contributed by atoms with E-state index in [0.29, 0.717) is 42.5 Å². The van der Waals surface area contributed by atoms with Gasteiger partial charge in [-0.3, -0.25) is 9.97 Å². The van der Waals surface area contributed by atoms with Crippen molar-refractivity contribution in [3.63, 3.8) is 0 Å². The van der Waals surface area contributed by atoms with Gasteiger partial charge in [-0.15, -0.1) is 0 Å². The summed E-state index contributed by atoms with van der Waals surface area (Å²) in [5.74, 6) is 1.94. The average molecular weight is 496 g/mol. The zero-order valence-corrected chi connectivity index (χ0v) is 20.8. The van der Waals surface area contributed by atoms with Crippen LogP contribution in [0.15, 0.2) is 67.5 Å². The van der Waals surface area contributed by atoms with Crippen LogP contribution in [-0.4, -0.2) is 52.7 Å². The van der Waals surface area contributed by atoms with Crippen molar-refractivity contribution < 1.29 is 5.11 Å². The molecule has 3 N–H and O–H groups in total. The van der Waals surface area contributed by atoms with Gasteiger partial charge < -0.3 is 20.3 Å². The van der Waals surface area contributed by atoms with Crippen molar-refractivity contribution in [3.8, 4) is 22.6 Å². The fourth-order valence-corrected chi connectivity index (χ4v) is 3.91. The zero-order valence-electron chi connectivity index (χ0n) is 20.8. The minimum atomic E-state index is 0.127. The van der Waals surface area contributed by atoms with Gasteiger partial charge in [-0.2, -0.15) is 0 Å². The number of pyridine rings is 3. The quantitative estimate of drug-likeness (QED) is 0.243. The van der Waals surface area contributed by atoms with Crippen LogP contribution in [-0.2, 0) is 6.54 Å². The van der Waals surface area contributed by atoms with Crippen molar-refractivity contribution in [1.82, 2.24) is 34.5 Å². The normalized spacial score (nSPS) is 11.2. The molecule has 5 heterocycles. The van der Waals surface area contributed by atoms with Gasteiger partial charge in [0.2, 0.25) is 0 Å². The number of hydrogen-bond donors (Lipinski definition) is 3. The monoisotopic (exact) mass is 495 g/mol. The predicted octanol–water partition coefficient (Wildman–Crippen LogP) is 4.33. The summed E-state index contributed by atoms with van der Waals surface area (Å²) in [6.07, 6.45) is 9.59. The minimum absolute atomic E-state index is 0.127. The fraction of sp³-hybridized carbons (Fsp3) is 0.259. The smallest absolute Gasteiger partial charge is 0.166 e. The van der Waals surface area contributed by atoms with Crippen LogP contribution >= 0.6 is 0 Å². The molecule has 5 aromatic rings. The molecule has 188 valence electrons. The number of imidazole rings is 1. The lowest BCUT2D eigenvalue weighted by molar-refractivity contribution is 0.292. The minimum Gasteiger partial charge on any atom is -0.396 e. The molecule has 10 heteroatoms. The van der Waals surface area contributed by atoms with Crippen molar-refractivity contribution in [3.05, 3.63) is 73.1 Å². The number of aliphatic hydroxyl groups is 1. The van der Waals surface area contributed by atoms with E-state index in [1.807, 2.05) is 47.2 Å². The third-order valence-electron chi connectivity index (χ3n) is 5.88. The highest BCUT2D eigenvalue weighted by Crippen LogP contribution is 2.27. The van der Waals surface area contributed by atoms with Crippen molar-refractivity contribution in [2.75, 3.05) is 23.8 Å². The molecule has 0 saturated heterocycles. The second-order valence-electron chi connectivity index (χ2n) is 8.89. The van der Waals surface area contributed by atoms with Crippen LogP contribution in [0.25, 0.3) is 33.8 Å². The molecular weight excluding hydrogens is 466 g/mol. The van der Waals surface area contributed by atoms with Gasteiger partial charge in [-0.25, -0.2) is 19.9 Å². The van der Waals surface area contributed by atoms with E-state index in [2.05, 4.69) is 44.4 Å². The highest BCUT2D eigenvalue weighted by atomic mass is 16.3. The van der Waals surface area contributed by atoms with Crippen molar-refractivity contribution in [2.45, 2.75) is 32.9 Å². The highest BCUT2D eigenvalue weighted by Gasteiger charge is 2.16. The van der Waals surface area contributed by atoms with E-state index in [0.717, 1.165) is 28.0 Å². The van der Waals surface area contributed by atoms with Crippen LogP contribution in [0.3, 0.4) is 0 Å². The Hall–Kier alpha value is -4.44. The van der Waals surface area contributed by atoms with E-state index in [1.54, 1.807) is 24.9 Å². The molecule has 37 heavy (non-hydrogen) atoms. The number of fused-ring (bicyclic) bond motifs is 1. The fourth-order valence-electron chi connectivity index (χ4n) is 3.91. The summed E-state index contributed by atoms with van der Waals surface area (Å²) in [5, 5.41) is 15.7. The van der Waals surface area contributed by atoms with E-state index in [1.165, 1.54) is 0 Å². The molecule has 0 aromatic carbocycles. The van der Waals surface area contributed by atoms with E-state index < -0.39 is 0 Å². The maximum absolute atomic E-state index is 9.05. The van der Waals surface area contributed by atoms with E-state index in [4.69, 9.17) is 15.1 Å². The third kappa shape index (κ3) is 5.54. The van der Waals surface area contributed by atoms with Crippen LogP contribution in [0, 0.1) is 0 Å². The molecule has 0 spiro atoms. The Balaban J connectivity index is 1.43. The van der Waals surface area contributed by atoms with Gasteiger partial charge in [0.15, 0.2) is 17.3 Å². The molecule has 0 aliphatic rings. The molecule has 5 aromatic heterocycles. The maximum Gasteiger partial charge on any atom is 0.166 e. The molecule has 10 nitrogen and oxygen atoms in total. The lowest BCUT2D eigenvalue weighted by Crippen LogP contribution is -2.07. The highest BCUT2D eigenvalue weighted by molar-refractivity contribution is 5.85. The summed E-state index contributed by atoms with van der Waals surface area (Å²) < 4.78 is 2.04. The van der Waals surface area contributed by atoms with E-state index >= 15 is 0 Å². The third-order valence-corrected chi connectivity index (χ3v) is 5.88. The summed E-state index contributed by atoms with van der Waals surface area (Å²) in [6.45, 7) is 5.49. The summed E-state index contributed by atoms with van der Waals surface area (Å²) in [5.41, 5.74) is 5.19. The predicted molar refractivity (Wildman–Crippen MR) is 144 cm³/mol. The Kier molecular flexibility index (Phi) is 7.27. The van der Waals surface area contributed by atoms with Gasteiger partial charge in [-0.1, -0.05) is 6.07 Å². The molecule has 5 rings (SSSR count). The number of nitrogens with zero attached hydrogens (tertiary/aromatic N) is 7. The Labute approximate surface area is 214 Å². The van der Waals surface area contributed by atoms with E-state index in [-0.39, 0.29) is 12.6 Å². The maximum atomic E-state index is 9.05. The second-order valence-corrected chi connectivity index (χ2v) is 8.89. The molecule has 0 unspecified atom stereocenters. The molecule has 0 aliphatic carbocycles. The van der Waals surface area contributed by atoms with Gasteiger partial charge in [0.05, 0.1) is 12.0 Å². The first kappa shape index (κ1) is 24.3. The molecule has 0 saturated carbocycles. The first-order valence-corrected chi connectivity index (χ1v) is 12.3. The number of aliphatic hydroxyl groups excluding tert-OH is 1. The van der Waals surface area contributed by atoms with Crippen molar-refractivity contribution in [2.24, 2.45) is 0 Å². The molecule has 0 bridgehead atoms. The zero-order chi connectivity index (χ0) is 25.6. The standard InChI is InChI=1S/C27H29N9O/c1-18(2)36-17-33-24-26(32-15-19-6-7-22(31-14-19)21-5-3-9-28-16-21)34-25(35-27(24)36)20-8-11-30-23(13-20)29-10-4-12-37/h3,5-9,11,13-14,16-18,37H,4,10,12,15H2,1-2H3,(H,29,30)(H,32,34,35).